The van der Waals surface area contributed by atoms with E-state index in [0.29, 0.717) is 43.9 Å². The molecule has 0 unspecified atom stereocenters. The number of carbonyl (C=O) groups is 3. The van der Waals surface area contributed by atoms with Crippen molar-refractivity contribution in [3.8, 4) is 0 Å². The number of halogens is 1. The van der Waals surface area contributed by atoms with Crippen molar-refractivity contribution in [2.24, 2.45) is 5.92 Å². The second-order valence-corrected chi connectivity index (χ2v) is 9.64. The molecule has 1 N–H and O–H groups in total. The summed E-state index contributed by atoms with van der Waals surface area (Å²) in [6.07, 6.45) is 2.39. The Kier molecular flexibility index (Phi) is 7.68. The quantitative estimate of drug-likeness (QED) is 0.678. The van der Waals surface area contributed by atoms with Crippen molar-refractivity contribution in [2.75, 3.05) is 49.5 Å². The Balaban J connectivity index is 1.52. The summed E-state index contributed by atoms with van der Waals surface area (Å²) in [4.78, 5) is 44.1. The standard InChI is InChI=1S/C27H33FN4O3/c1-19(2)17-25(33)29-20-9-10-24(22(18-20)27(35)31-11-5-6-12-31)30-13-15-32(16-14-30)26(34)21-7-3-4-8-23(21)28/h3-4,7-10,18-19H,5-6,11-17H2,1-2H3,(H,29,33). The molecule has 2 aromatic carbocycles. The number of benzene rings is 2. The van der Waals surface area contributed by atoms with E-state index < -0.39 is 5.82 Å². The Morgan fingerprint density at radius 2 is 1.49 bits per heavy atom. The maximum Gasteiger partial charge on any atom is 0.256 e. The number of rotatable bonds is 6. The molecule has 4 rings (SSSR count). The Morgan fingerprint density at radius 3 is 2.14 bits per heavy atom. The highest BCUT2D eigenvalue weighted by Crippen LogP contribution is 2.29. The molecule has 7 nitrogen and oxygen atoms in total. The van der Waals surface area contributed by atoms with E-state index in [4.69, 9.17) is 0 Å². The van der Waals surface area contributed by atoms with Gasteiger partial charge in [-0.3, -0.25) is 14.4 Å². The molecule has 0 atom stereocenters. The largest absolute Gasteiger partial charge is 0.367 e. The summed E-state index contributed by atoms with van der Waals surface area (Å²) in [6, 6.07) is 11.5. The zero-order valence-electron chi connectivity index (χ0n) is 20.4. The highest BCUT2D eigenvalue weighted by atomic mass is 19.1. The van der Waals surface area contributed by atoms with Crippen LogP contribution in [0.2, 0.25) is 0 Å². The van der Waals surface area contributed by atoms with Crippen LogP contribution in [-0.2, 0) is 4.79 Å². The lowest BCUT2D eigenvalue weighted by atomic mass is 10.1. The minimum atomic E-state index is -0.520. The molecular weight excluding hydrogens is 447 g/mol. The van der Waals surface area contributed by atoms with Crippen LogP contribution in [0.25, 0.3) is 0 Å². The molecule has 0 saturated carbocycles. The lowest BCUT2D eigenvalue weighted by Crippen LogP contribution is -2.49. The maximum absolute atomic E-state index is 14.1. The first-order valence-electron chi connectivity index (χ1n) is 12.4. The fraction of sp³-hybridized carbons (Fsp3) is 0.444. The van der Waals surface area contributed by atoms with Gasteiger partial charge in [-0.1, -0.05) is 26.0 Å². The minimum absolute atomic E-state index is 0.0395. The molecule has 0 aromatic heterocycles. The smallest absolute Gasteiger partial charge is 0.256 e. The number of piperazine rings is 1. The van der Waals surface area contributed by atoms with Crippen molar-refractivity contribution in [3.05, 3.63) is 59.4 Å². The van der Waals surface area contributed by atoms with E-state index in [2.05, 4.69) is 10.2 Å². The molecule has 2 fully saturated rings. The summed E-state index contributed by atoms with van der Waals surface area (Å²) >= 11 is 0. The van der Waals surface area contributed by atoms with Crippen LogP contribution >= 0.6 is 0 Å². The van der Waals surface area contributed by atoms with Crippen molar-refractivity contribution in [2.45, 2.75) is 33.1 Å². The molecular formula is C27H33FN4O3. The number of hydrogen-bond acceptors (Lipinski definition) is 4. The Morgan fingerprint density at radius 1 is 0.857 bits per heavy atom. The predicted molar refractivity (Wildman–Crippen MR) is 134 cm³/mol. The van der Waals surface area contributed by atoms with E-state index in [1.165, 1.54) is 12.1 Å². The predicted octanol–water partition coefficient (Wildman–Crippen LogP) is 4.01. The van der Waals surface area contributed by atoms with Crippen LogP contribution in [0.5, 0.6) is 0 Å². The summed E-state index contributed by atoms with van der Waals surface area (Å²) < 4.78 is 14.1. The van der Waals surface area contributed by atoms with Crippen LogP contribution in [0.4, 0.5) is 15.8 Å². The first kappa shape index (κ1) is 24.7. The van der Waals surface area contributed by atoms with Crippen molar-refractivity contribution in [1.29, 1.82) is 0 Å². The Hall–Kier alpha value is -3.42. The van der Waals surface area contributed by atoms with Gasteiger partial charge in [0.25, 0.3) is 11.8 Å². The van der Waals surface area contributed by atoms with Gasteiger partial charge in [-0.15, -0.1) is 0 Å². The molecule has 0 aliphatic carbocycles. The zero-order chi connectivity index (χ0) is 24.9. The summed E-state index contributed by atoms with van der Waals surface area (Å²) in [6.45, 7) is 7.34. The Bertz CT molecular complexity index is 1090. The van der Waals surface area contributed by atoms with Crippen molar-refractivity contribution in [1.82, 2.24) is 9.80 Å². The third-order valence-corrected chi connectivity index (χ3v) is 6.51. The molecule has 2 aliphatic rings. The lowest BCUT2D eigenvalue weighted by Gasteiger charge is -2.37. The van der Waals surface area contributed by atoms with Gasteiger partial charge in [0.2, 0.25) is 5.91 Å². The first-order chi connectivity index (χ1) is 16.8. The Labute approximate surface area is 205 Å². The van der Waals surface area contributed by atoms with Crippen LogP contribution in [0.15, 0.2) is 42.5 Å². The fourth-order valence-corrected chi connectivity index (χ4v) is 4.69. The normalized spacial score (nSPS) is 16.1. The minimum Gasteiger partial charge on any atom is -0.367 e. The molecule has 35 heavy (non-hydrogen) atoms. The maximum atomic E-state index is 14.1. The molecule has 2 heterocycles. The number of likely N-dealkylation sites (tertiary alicyclic amines) is 1. The topological polar surface area (TPSA) is 73.0 Å². The summed E-state index contributed by atoms with van der Waals surface area (Å²) in [5.74, 6) is -0.717. The van der Waals surface area contributed by atoms with Gasteiger partial charge >= 0.3 is 0 Å². The van der Waals surface area contributed by atoms with E-state index in [0.717, 1.165) is 31.6 Å². The highest BCUT2D eigenvalue weighted by molar-refractivity contribution is 6.02. The van der Waals surface area contributed by atoms with Crippen LogP contribution in [0, 0.1) is 11.7 Å². The molecule has 8 heteroatoms. The third kappa shape index (κ3) is 5.81. The van der Waals surface area contributed by atoms with Crippen molar-refractivity contribution >= 4 is 29.1 Å². The highest BCUT2D eigenvalue weighted by Gasteiger charge is 2.28. The molecule has 2 saturated heterocycles. The molecule has 2 aliphatic heterocycles. The van der Waals surface area contributed by atoms with E-state index in [-0.39, 0.29) is 29.2 Å². The summed E-state index contributed by atoms with van der Waals surface area (Å²) in [5, 5.41) is 2.92. The molecule has 3 amide bonds. The number of carbonyl (C=O) groups excluding carboxylic acids is 3. The second-order valence-electron chi connectivity index (χ2n) is 9.64. The fourth-order valence-electron chi connectivity index (χ4n) is 4.69. The van der Waals surface area contributed by atoms with E-state index in [1.807, 2.05) is 30.9 Å². The third-order valence-electron chi connectivity index (χ3n) is 6.51. The second kappa shape index (κ2) is 10.9. The van der Waals surface area contributed by atoms with Gasteiger partial charge < -0.3 is 20.0 Å². The molecule has 2 aromatic rings. The van der Waals surface area contributed by atoms with Gasteiger partial charge in [0.15, 0.2) is 0 Å². The van der Waals surface area contributed by atoms with Crippen LogP contribution in [0.1, 0.15) is 53.8 Å². The molecule has 0 radical (unpaired) electrons. The molecule has 186 valence electrons. The van der Waals surface area contributed by atoms with E-state index >= 15 is 0 Å². The monoisotopic (exact) mass is 480 g/mol. The van der Waals surface area contributed by atoms with Gasteiger partial charge in [0, 0.05) is 57.1 Å². The van der Waals surface area contributed by atoms with E-state index in [1.54, 1.807) is 23.1 Å². The number of hydrogen-bond donors (Lipinski definition) is 1. The lowest BCUT2D eigenvalue weighted by molar-refractivity contribution is -0.116. The van der Waals surface area contributed by atoms with Gasteiger partial charge in [0.1, 0.15) is 5.82 Å². The summed E-state index contributed by atoms with van der Waals surface area (Å²) in [5.41, 5.74) is 2.03. The van der Waals surface area contributed by atoms with Gasteiger partial charge in [-0.05, 0) is 49.1 Å². The van der Waals surface area contributed by atoms with Crippen LogP contribution in [0.3, 0.4) is 0 Å². The van der Waals surface area contributed by atoms with Gasteiger partial charge in [-0.2, -0.15) is 0 Å². The summed E-state index contributed by atoms with van der Waals surface area (Å²) in [7, 11) is 0. The van der Waals surface area contributed by atoms with Crippen molar-refractivity contribution < 1.29 is 18.8 Å². The van der Waals surface area contributed by atoms with Crippen LogP contribution in [-0.4, -0.2) is 66.8 Å². The zero-order valence-corrected chi connectivity index (χ0v) is 20.4. The van der Waals surface area contributed by atoms with Gasteiger partial charge in [0.05, 0.1) is 11.1 Å². The number of nitrogens with zero attached hydrogens (tertiary/aromatic N) is 3. The van der Waals surface area contributed by atoms with E-state index in [9.17, 15) is 18.8 Å². The van der Waals surface area contributed by atoms with Gasteiger partial charge in [-0.25, -0.2) is 4.39 Å². The number of anilines is 2. The number of nitrogens with one attached hydrogen (secondary N) is 1. The molecule has 0 spiro atoms. The van der Waals surface area contributed by atoms with Crippen LogP contribution < -0.4 is 10.2 Å². The molecule has 0 bridgehead atoms. The first-order valence-corrected chi connectivity index (χ1v) is 12.4. The van der Waals surface area contributed by atoms with Crippen molar-refractivity contribution in [3.63, 3.8) is 0 Å². The average molecular weight is 481 g/mol. The average Bonchev–Trinajstić information content (AvgIpc) is 3.38. The number of amides is 3. The SMILES string of the molecule is CC(C)CC(=O)Nc1ccc(N2CCN(C(=O)c3ccccc3F)CC2)c(C(=O)N2CCCC2)c1.